The third kappa shape index (κ3) is 2.58. The van der Waals surface area contributed by atoms with Crippen molar-refractivity contribution in [3.05, 3.63) is 66.7 Å². The first-order valence-electron chi connectivity index (χ1n) is 9.68. The highest BCUT2D eigenvalue weighted by atomic mass is 16.7. The zero-order valence-electron chi connectivity index (χ0n) is 16.6. The number of aromatic nitrogens is 2. The zero-order valence-corrected chi connectivity index (χ0v) is 16.6. The number of para-hydroxylation sites is 1. The van der Waals surface area contributed by atoms with Gasteiger partial charge >= 0.3 is 7.12 Å². The topological polar surface area (TPSA) is 36.3 Å². The lowest BCUT2D eigenvalue weighted by molar-refractivity contribution is 0.00578. The van der Waals surface area contributed by atoms with Crippen molar-refractivity contribution >= 4 is 34.6 Å². The number of benzene rings is 3. The van der Waals surface area contributed by atoms with Crippen LogP contribution in [0.15, 0.2) is 66.7 Å². The largest absolute Gasteiger partial charge is 0.533 e. The monoisotopic (exact) mass is 370 g/mol. The molecule has 28 heavy (non-hydrogen) atoms. The Bertz CT molecular complexity index is 1170. The summed E-state index contributed by atoms with van der Waals surface area (Å²) < 4.78 is 14.8. The summed E-state index contributed by atoms with van der Waals surface area (Å²) in [5.74, 6) is 0. The Labute approximate surface area is 165 Å². The van der Waals surface area contributed by atoms with Gasteiger partial charge in [-0.05, 0) is 62.7 Å². The van der Waals surface area contributed by atoms with Crippen molar-refractivity contribution in [3.8, 4) is 5.69 Å². The van der Waals surface area contributed by atoms with Gasteiger partial charge in [0.05, 0.1) is 22.2 Å². The minimum absolute atomic E-state index is 0.415. The molecule has 0 bridgehead atoms. The highest BCUT2D eigenvalue weighted by Gasteiger charge is 2.53. The van der Waals surface area contributed by atoms with Crippen LogP contribution in [0.25, 0.3) is 27.5 Å². The number of imidazole rings is 1. The van der Waals surface area contributed by atoms with E-state index in [1.54, 1.807) is 0 Å². The molecule has 1 aliphatic rings. The first-order valence-corrected chi connectivity index (χ1v) is 9.68. The smallest absolute Gasteiger partial charge is 0.397 e. The van der Waals surface area contributed by atoms with Crippen LogP contribution in [0.3, 0.4) is 0 Å². The third-order valence-electron chi connectivity index (χ3n) is 6.03. The minimum Gasteiger partial charge on any atom is -0.397 e. The highest BCUT2D eigenvalue weighted by molar-refractivity contribution is 6.61. The number of hydrogen-bond donors (Lipinski definition) is 0. The van der Waals surface area contributed by atoms with Gasteiger partial charge in [0, 0.05) is 5.69 Å². The van der Waals surface area contributed by atoms with Crippen LogP contribution in [0.2, 0.25) is 0 Å². The maximum atomic E-state index is 6.33. The Kier molecular flexibility index (Phi) is 3.70. The van der Waals surface area contributed by atoms with E-state index in [1.807, 2.05) is 18.2 Å². The summed E-state index contributed by atoms with van der Waals surface area (Å²) in [5, 5.41) is 2.36. The van der Waals surface area contributed by atoms with Crippen LogP contribution in [0, 0.1) is 0 Å². The fourth-order valence-electron chi connectivity index (χ4n) is 3.74. The van der Waals surface area contributed by atoms with Crippen molar-refractivity contribution in [1.29, 1.82) is 0 Å². The first-order chi connectivity index (χ1) is 13.4. The molecule has 1 aromatic heterocycles. The number of hydrogen-bond acceptors (Lipinski definition) is 3. The molecule has 5 heteroatoms. The van der Waals surface area contributed by atoms with Crippen LogP contribution in [0.4, 0.5) is 0 Å². The van der Waals surface area contributed by atoms with Crippen molar-refractivity contribution in [2.45, 2.75) is 38.9 Å². The molecule has 0 unspecified atom stereocenters. The van der Waals surface area contributed by atoms with Crippen molar-refractivity contribution < 1.29 is 9.31 Å². The van der Waals surface area contributed by atoms with Crippen LogP contribution in [0.5, 0.6) is 0 Å². The average molecular weight is 370 g/mol. The van der Waals surface area contributed by atoms with E-state index >= 15 is 0 Å². The lowest BCUT2D eigenvalue weighted by atomic mass is 9.88. The summed E-state index contributed by atoms with van der Waals surface area (Å²) in [4.78, 5) is 4.97. The molecule has 0 amide bonds. The van der Waals surface area contributed by atoms with Gasteiger partial charge in [-0.2, -0.15) is 0 Å². The van der Waals surface area contributed by atoms with E-state index in [1.165, 1.54) is 10.8 Å². The summed E-state index contributed by atoms with van der Waals surface area (Å²) in [6.07, 6.45) is 0. The molecule has 1 saturated heterocycles. The van der Waals surface area contributed by atoms with Gasteiger partial charge in [-0.25, -0.2) is 4.98 Å². The van der Waals surface area contributed by atoms with E-state index in [9.17, 15) is 0 Å². The van der Waals surface area contributed by atoms with Gasteiger partial charge in [-0.3, -0.25) is 4.57 Å². The van der Waals surface area contributed by atoms with Crippen LogP contribution in [0.1, 0.15) is 27.7 Å². The van der Waals surface area contributed by atoms with Gasteiger partial charge in [-0.15, -0.1) is 0 Å². The Morgan fingerprint density at radius 1 is 0.786 bits per heavy atom. The molecular formula is C23H23BN2O2. The van der Waals surface area contributed by atoms with Gasteiger partial charge in [0.1, 0.15) is 5.72 Å². The molecule has 5 rings (SSSR count). The molecule has 0 radical (unpaired) electrons. The molecule has 4 aromatic rings. The minimum atomic E-state index is -0.527. The molecule has 2 heterocycles. The van der Waals surface area contributed by atoms with E-state index in [-0.39, 0.29) is 0 Å². The van der Waals surface area contributed by atoms with Crippen molar-refractivity contribution in [2.24, 2.45) is 0 Å². The summed E-state index contributed by atoms with van der Waals surface area (Å²) in [6, 6.07) is 23.0. The molecule has 0 spiro atoms. The van der Waals surface area contributed by atoms with E-state index in [4.69, 9.17) is 14.3 Å². The van der Waals surface area contributed by atoms with Gasteiger partial charge < -0.3 is 9.31 Å². The normalized spacial score (nSPS) is 18.2. The summed E-state index contributed by atoms with van der Waals surface area (Å²) >= 11 is 0. The predicted molar refractivity (Wildman–Crippen MR) is 114 cm³/mol. The van der Waals surface area contributed by atoms with Crippen LogP contribution >= 0.6 is 0 Å². The van der Waals surface area contributed by atoms with Crippen molar-refractivity contribution in [2.75, 3.05) is 0 Å². The van der Waals surface area contributed by atoms with Gasteiger partial charge in [0.2, 0.25) is 0 Å². The van der Waals surface area contributed by atoms with E-state index in [0.29, 0.717) is 0 Å². The molecule has 140 valence electrons. The van der Waals surface area contributed by atoms with Crippen LogP contribution in [-0.4, -0.2) is 27.9 Å². The second-order valence-electron chi connectivity index (χ2n) is 8.42. The number of nitrogens with zero attached hydrogens (tertiary/aromatic N) is 2. The van der Waals surface area contributed by atoms with Crippen LogP contribution < -0.4 is 5.72 Å². The zero-order chi connectivity index (χ0) is 19.5. The van der Waals surface area contributed by atoms with E-state index < -0.39 is 18.3 Å². The Balaban J connectivity index is 1.78. The Hall–Kier alpha value is -2.63. The molecule has 4 nitrogen and oxygen atoms in total. The Morgan fingerprint density at radius 2 is 1.36 bits per heavy atom. The predicted octanol–water partition coefficient (Wildman–Crippen LogP) is 4.48. The first kappa shape index (κ1) is 17.5. The quantitative estimate of drug-likeness (QED) is 0.488. The summed E-state index contributed by atoms with van der Waals surface area (Å²) in [7, 11) is -0.527. The molecule has 0 N–H and O–H groups in total. The number of fused-ring (bicyclic) bond motifs is 2. The molecule has 1 aliphatic heterocycles. The van der Waals surface area contributed by atoms with E-state index in [2.05, 4.69) is 80.8 Å². The van der Waals surface area contributed by atoms with Crippen molar-refractivity contribution in [3.63, 3.8) is 0 Å². The lowest BCUT2D eigenvalue weighted by Gasteiger charge is -2.32. The fraction of sp³-hybridized carbons (Fsp3) is 0.261. The summed E-state index contributed by atoms with van der Waals surface area (Å²) in [6.45, 7) is 8.27. The molecule has 0 aliphatic carbocycles. The third-order valence-corrected chi connectivity index (χ3v) is 6.03. The molecule has 1 fully saturated rings. The second kappa shape index (κ2) is 5.93. The maximum absolute atomic E-state index is 6.33. The van der Waals surface area contributed by atoms with Gasteiger partial charge in [0.25, 0.3) is 0 Å². The molecule has 3 aromatic carbocycles. The summed E-state index contributed by atoms with van der Waals surface area (Å²) in [5.41, 5.74) is 2.98. The van der Waals surface area contributed by atoms with Gasteiger partial charge in [-0.1, -0.05) is 42.5 Å². The molecule has 0 atom stereocenters. The maximum Gasteiger partial charge on any atom is 0.533 e. The van der Waals surface area contributed by atoms with Crippen LogP contribution in [-0.2, 0) is 9.31 Å². The second-order valence-corrected chi connectivity index (χ2v) is 8.42. The van der Waals surface area contributed by atoms with Gasteiger partial charge in [0.15, 0.2) is 0 Å². The SMILES string of the molecule is CC1(C)OB(c2nc3cc4ccccc4cc3n2-c2ccccc2)OC1(C)C. The van der Waals surface area contributed by atoms with E-state index in [0.717, 1.165) is 22.4 Å². The molecular weight excluding hydrogens is 347 g/mol. The standard InChI is InChI=1S/C23H23BN2O2/c1-22(2)23(3,4)28-24(27-22)21-25-19-14-16-10-8-9-11-17(16)15-20(19)26(21)18-12-6-5-7-13-18/h5-15H,1-4H3. The highest BCUT2D eigenvalue weighted by Crippen LogP contribution is 2.37. The van der Waals surface area contributed by atoms with Crippen molar-refractivity contribution in [1.82, 2.24) is 9.55 Å². The average Bonchev–Trinajstić information content (AvgIpc) is 3.14. The number of rotatable bonds is 2. The Morgan fingerprint density at radius 3 is 2.00 bits per heavy atom. The fourth-order valence-corrected chi connectivity index (χ4v) is 3.74. The lowest BCUT2D eigenvalue weighted by Crippen LogP contribution is -2.41. The molecule has 0 saturated carbocycles.